The first-order valence-corrected chi connectivity index (χ1v) is 11.9. The Balaban J connectivity index is 3.03. The minimum absolute atomic E-state index is 0.926. The van der Waals surface area contributed by atoms with E-state index in [1.54, 1.807) is 0 Å². The number of rotatable bonds is 21. The first kappa shape index (κ1) is 25.0. The van der Waals surface area contributed by atoms with Crippen molar-refractivity contribution >= 4 is 0 Å². The molecule has 0 heterocycles. The van der Waals surface area contributed by atoms with Gasteiger partial charge in [0.2, 0.25) is 0 Å². The van der Waals surface area contributed by atoms with Crippen LogP contribution in [-0.4, -0.2) is 0 Å². The van der Waals surface area contributed by atoms with E-state index in [1.165, 1.54) is 122 Å². The first-order valence-electron chi connectivity index (χ1n) is 11.9. The molecule has 0 spiro atoms. The van der Waals surface area contributed by atoms with Crippen LogP contribution in [0.2, 0.25) is 0 Å². The highest BCUT2D eigenvalue weighted by Crippen LogP contribution is 2.17. The van der Waals surface area contributed by atoms with Crippen LogP contribution in [0.25, 0.3) is 0 Å². The first-order chi connectivity index (χ1) is 12.3. The molecule has 0 bridgehead atoms. The SMILES string of the molecule is [CH2]CCCCCCCCCCCCCCCCCCC(C)CCC[CH2]. The van der Waals surface area contributed by atoms with E-state index in [0.717, 1.165) is 18.8 Å². The Morgan fingerprint density at radius 3 is 1.04 bits per heavy atom. The molecule has 1 unspecified atom stereocenters. The number of hydrogen-bond donors (Lipinski definition) is 0. The molecule has 0 aliphatic carbocycles. The second-order valence-electron chi connectivity index (χ2n) is 8.40. The summed E-state index contributed by atoms with van der Waals surface area (Å²) in [6.07, 6.45) is 29.6. The fraction of sp³-hybridized carbons (Fsp3) is 0.920. The van der Waals surface area contributed by atoms with Crippen molar-refractivity contribution in [1.29, 1.82) is 0 Å². The van der Waals surface area contributed by atoms with Gasteiger partial charge in [0, 0.05) is 0 Å². The third kappa shape index (κ3) is 22.0. The molecule has 150 valence electrons. The Hall–Kier alpha value is 0. The monoisotopic (exact) mass is 350 g/mol. The van der Waals surface area contributed by atoms with Gasteiger partial charge in [-0.1, -0.05) is 156 Å². The predicted molar refractivity (Wildman–Crippen MR) is 117 cm³/mol. The zero-order valence-corrected chi connectivity index (χ0v) is 17.8. The van der Waals surface area contributed by atoms with Crippen molar-refractivity contribution in [2.75, 3.05) is 0 Å². The Bertz CT molecular complexity index is 220. The molecule has 25 heavy (non-hydrogen) atoms. The van der Waals surface area contributed by atoms with Gasteiger partial charge >= 0.3 is 0 Å². The third-order valence-corrected chi connectivity index (χ3v) is 5.64. The molecule has 0 aliphatic heterocycles. The lowest BCUT2D eigenvalue weighted by atomic mass is 9.97. The Morgan fingerprint density at radius 2 is 0.680 bits per heavy atom. The lowest BCUT2D eigenvalue weighted by Crippen LogP contribution is -1.94. The summed E-state index contributed by atoms with van der Waals surface area (Å²) in [6.45, 7) is 10.3. The Morgan fingerprint density at radius 1 is 0.400 bits per heavy atom. The predicted octanol–water partition coefficient (Wildman–Crippen LogP) is 9.48. The maximum Gasteiger partial charge on any atom is -0.0443 e. The van der Waals surface area contributed by atoms with Crippen LogP contribution in [0, 0.1) is 19.8 Å². The summed E-state index contributed by atoms with van der Waals surface area (Å²) in [5.74, 6) is 0.926. The van der Waals surface area contributed by atoms with Gasteiger partial charge in [0.15, 0.2) is 0 Å². The van der Waals surface area contributed by atoms with E-state index in [0.29, 0.717) is 0 Å². The van der Waals surface area contributed by atoms with Crippen LogP contribution >= 0.6 is 0 Å². The molecule has 2 radical (unpaired) electrons. The van der Waals surface area contributed by atoms with Crippen LogP contribution < -0.4 is 0 Å². The van der Waals surface area contributed by atoms with Gasteiger partial charge in [-0.3, -0.25) is 0 Å². The van der Waals surface area contributed by atoms with Gasteiger partial charge < -0.3 is 0 Å². The third-order valence-electron chi connectivity index (χ3n) is 5.64. The van der Waals surface area contributed by atoms with Gasteiger partial charge in [-0.2, -0.15) is 0 Å². The van der Waals surface area contributed by atoms with Crippen molar-refractivity contribution < 1.29 is 0 Å². The summed E-state index contributed by atoms with van der Waals surface area (Å²) in [6, 6.07) is 0. The fourth-order valence-electron chi connectivity index (χ4n) is 3.78. The van der Waals surface area contributed by atoms with E-state index < -0.39 is 0 Å². The van der Waals surface area contributed by atoms with Crippen LogP contribution in [0.5, 0.6) is 0 Å². The molecule has 0 aliphatic rings. The molecule has 0 aromatic rings. The van der Waals surface area contributed by atoms with Crippen molar-refractivity contribution in [3.8, 4) is 0 Å². The van der Waals surface area contributed by atoms with Crippen molar-refractivity contribution in [1.82, 2.24) is 0 Å². The normalized spacial score (nSPS) is 12.6. The van der Waals surface area contributed by atoms with Gasteiger partial charge in [0.25, 0.3) is 0 Å². The summed E-state index contributed by atoms with van der Waals surface area (Å²) in [7, 11) is 0. The quantitative estimate of drug-likeness (QED) is 0.181. The van der Waals surface area contributed by atoms with Gasteiger partial charge in [-0.15, -0.1) is 0 Å². The molecule has 0 saturated heterocycles. The van der Waals surface area contributed by atoms with Crippen LogP contribution in [-0.2, 0) is 0 Å². The maximum atomic E-state index is 3.94. The second kappa shape index (κ2) is 22.0. The van der Waals surface area contributed by atoms with Crippen molar-refractivity contribution in [2.24, 2.45) is 5.92 Å². The van der Waals surface area contributed by atoms with Gasteiger partial charge in [0.1, 0.15) is 0 Å². The molecule has 0 nitrogen and oxygen atoms in total. The zero-order chi connectivity index (χ0) is 18.4. The summed E-state index contributed by atoms with van der Waals surface area (Å²) >= 11 is 0. The largest absolute Gasteiger partial charge is 0.0625 e. The number of unbranched alkanes of at least 4 members (excludes halogenated alkanes) is 17. The van der Waals surface area contributed by atoms with E-state index >= 15 is 0 Å². The second-order valence-corrected chi connectivity index (χ2v) is 8.40. The molecule has 1 atom stereocenters. The maximum absolute atomic E-state index is 3.94. The lowest BCUT2D eigenvalue weighted by molar-refractivity contribution is 0.443. The summed E-state index contributed by atoms with van der Waals surface area (Å²) in [4.78, 5) is 0. The molecular formula is C25H50. The number of hydrogen-bond acceptors (Lipinski definition) is 0. The van der Waals surface area contributed by atoms with E-state index in [4.69, 9.17) is 0 Å². The van der Waals surface area contributed by atoms with E-state index in [-0.39, 0.29) is 0 Å². The topological polar surface area (TPSA) is 0 Å². The molecule has 0 saturated carbocycles. The molecule has 0 fully saturated rings. The summed E-state index contributed by atoms with van der Waals surface area (Å²) in [5.41, 5.74) is 0. The lowest BCUT2D eigenvalue weighted by Gasteiger charge is -2.10. The van der Waals surface area contributed by atoms with Gasteiger partial charge in [-0.05, 0) is 5.92 Å². The van der Waals surface area contributed by atoms with Gasteiger partial charge in [-0.25, -0.2) is 0 Å². The molecule has 0 heteroatoms. The highest BCUT2D eigenvalue weighted by atomic mass is 14.1. The van der Waals surface area contributed by atoms with E-state index in [9.17, 15) is 0 Å². The Kier molecular flexibility index (Phi) is 22.0. The molecular weight excluding hydrogens is 300 g/mol. The van der Waals surface area contributed by atoms with Crippen molar-refractivity contribution in [3.05, 3.63) is 13.8 Å². The highest BCUT2D eigenvalue weighted by Gasteiger charge is 2.01. The van der Waals surface area contributed by atoms with Crippen molar-refractivity contribution in [2.45, 2.75) is 142 Å². The molecule has 0 N–H and O–H groups in total. The molecule has 0 rings (SSSR count). The van der Waals surface area contributed by atoms with E-state index in [1.807, 2.05) is 0 Å². The standard InChI is InChI=1S/C25H50/c1-4-6-8-9-10-11-12-13-14-15-16-17-18-19-20-21-22-24-25(3)23-7-5-2/h25H,1-2,4-24H2,3H3. The summed E-state index contributed by atoms with van der Waals surface area (Å²) < 4.78 is 0. The molecule has 0 amide bonds. The fourth-order valence-corrected chi connectivity index (χ4v) is 3.78. The van der Waals surface area contributed by atoms with E-state index in [2.05, 4.69) is 20.8 Å². The minimum atomic E-state index is 0.926. The van der Waals surface area contributed by atoms with Crippen LogP contribution in [0.15, 0.2) is 0 Å². The smallest absolute Gasteiger partial charge is 0.0443 e. The van der Waals surface area contributed by atoms with Crippen LogP contribution in [0.3, 0.4) is 0 Å². The van der Waals surface area contributed by atoms with Crippen LogP contribution in [0.1, 0.15) is 142 Å². The van der Waals surface area contributed by atoms with Crippen molar-refractivity contribution in [3.63, 3.8) is 0 Å². The molecule has 0 aromatic heterocycles. The Labute approximate surface area is 161 Å². The van der Waals surface area contributed by atoms with Gasteiger partial charge in [0.05, 0.1) is 0 Å². The highest BCUT2D eigenvalue weighted by molar-refractivity contribution is 4.56. The summed E-state index contributed by atoms with van der Waals surface area (Å²) in [5, 5.41) is 0. The molecule has 0 aromatic carbocycles. The van der Waals surface area contributed by atoms with Crippen LogP contribution in [0.4, 0.5) is 0 Å². The zero-order valence-electron chi connectivity index (χ0n) is 17.8. The minimum Gasteiger partial charge on any atom is -0.0625 e. The average molecular weight is 351 g/mol. The average Bonchev–Trinajstić information content (AvgIpc) is 2.62.